The molecule has 0 aliphatic heterocycles. The average Bonchev–Trinajstić information content (AvgIpc) is 3.17. The third-order valence-electron chi connectivity index (χ3n) is 3.11. The first kappa shape index (κ1) is 19.8. The van der Waals surface area contributed by atoms with Gasteiger partial charge in [0.15, 0.2) is 6.61 Å². The lowest BCUT2D eigenvalue weighted by atomic mass is 10.2. The zero-order valence-electron chi connectivity index (χ0n) is 13.5. The fraction of sp³-hybridized carbons (Fsp3) is 0.176. The Morgan fingerprint density at radius 3 is 2.38 bits per heavy atom. The number of thiophene rings is 1. The van der Waals surface area contributed by atoms with E-state index in [0.717, 1.165) is 4.47 Å². The van der Waals surface area contributed by atoms with Crippen molar-refractivity contribution in [1.82, 2.24) is 10.6 Å². The lowest BCUT2D eigenvalue weighted by Crippen LogP contribution is -2.39. The van der Waals surface area contributed by atoms with Crippen LogP contribution in [0.2, 0.25) is 0 Å². The normalized spacial score (nSPS) is 10.0. The first-order chi connectivity index (χ1) is 12.5. The van der Waals surface area contributed by atoms with E-state index in [9.17, 15) is 19.2 Å². The molecule has 136 valence electrons. The highest BCUT2D eigenvalue weighted by molar-refractivity contribution is 9.10. The summed E-state index contributed by atoms with van der Waals surface area (Å²) in [7, 11) is 0. The van der Waals surface area contributed by atoms with Crippen LogP contribution in [0.1, 0.15) is 20.0 Å². The van der Waals surface area contributed by atoms with Gasteiger partial charge in [0.25, 0.3) is 5.91 Å². The SMILES string of the molecule is O=C(CNC(=O)c1ccc(Br)cc1)NCC(=O)OCC(=O)c1cccs1. The number of halogens is 1. The van der Waals surface area contributed by atoms with E-state index in [0.29, 0.717) is 10.4 Å². The summed E-state index contributed by atoms with van der Waals surface area (Å²) in [5.74, 6) is -1.99. The largest absolute Gasteiger partial charge is 0.456 e. The van der Waals surface area contributed by atoms with E-state index in [2.05, 4.69) is 26.6 Å². The number of esters is 1. The molecule has 0 fully saturated rings. The number of benzene rings is 1. The molecule has 0 aliphatic rings. The first-order valence-corrected chi connectivity index (χ1v) is 9.16. The smallest absolute Gasteiger partial charge is 0.325 e. The number of nitrogens with one attached hydrogen (secondary N) is 2. The predicted octanol–water partition coefficient (Wildman–Crippen LogP) is 1.78. The summed E-state index contributed by atoms with van der Waals surface area (Å²) in [6.45, 7) is -1.05. The molecule has 7 nitrogen and oxygen atoms in total. The van der Waals surface area contributed by atoms with Crippen molar-refractivity contribution in [2.75, 3.05) is 19.7 Å². The average molecular weight is 439 g/mol. The summed E-state index contributed by atoms with van der Waals surface area (Å²) >= 11 is 4.52. The van der Waals surface area contributed by atoms with Gasteiger partial charge < -0.3 is 15.4 Å². The molecule has 2 rings (SSSR count). The summed E-state index contributed by atoms with van der Waals surface area (Å²) in [6.07, 6.45) is 0. The van der Waals surface area contributed by atoms with Crippen LogP contribution in [0.4, 0.5) is 0 Å². The molecule has 26 heavy (non-hydrogen) atoms. The van der Waals surface area contributed by atoms with Crippen LogP contribution in [0.25, 0.3) is 0 Å². The van der Waals surface area contributed by atoms with Crippen molar-refractivity contribution in [3.05, 3.63) is 56.7 Å². The van der Waals surface area contributed by atoms with Gasteiger partial charge in [0.2, 0.25) is 11.7 Å². The molecule has 1 aromatic heterocycles. The monoisotopic (exact) mass is 438 g/mol. The number of ketones is 1. The summed E-state index contributed by atoms with van der Waals surface area (Å²) in [5.41, 5.74) is 0.410. The summed E-state index contributed by atoms with van der Waals surface area (Å²) in [6, 6.07) is 10.0. The van der Waals surface area contributed by atoms with Gasteiger partial charge in [-0.05, 0) is 35.7 Å². The summed E-state index contributed by atoms with van der Waals surface area (Å²) in [4.78, 5) is 47.2. The first-order valence-electron chi connectivity index (χ1n) is 7.48. The van der Waals surface area contributed by atoms with Gasteiger partial charge >= 0.3 is 5.97 Å². The Labute approximate surface area is 161 Å². The summed E-state index contributed by atoms with van der Waals surface area (Å²) < 4.78 is 5.63. The Kier molecular flexibility index (Phi) is 7.49. The van der Waals surface area contributed by atoms with Crippen molar-refractivity contribution in [1.29, 1.82) is 0 Å². The van der Waals surface area contributed by atoms with Crippen molar-refractivity contribution in [2.24, 2.45) is 0 Å². The molecule has 0 spiro atoms. The van der Waals surface area contributed by atoms with E-state index < -0.39 is 17.8 Å². The van der Waals surface area contributed by atoms with Crippen molar-refractivity contribution < 1.29 is 23.9 Å². The molecule has 9 heteroatoms. The number of hydrogen-bond donors (Lipinski definition) is 2. The zero-order chi connectivity index (χ0) is 18.9. The molecule has 0 saturated heterocycles. The molecule has 0 unspecified atom stereocenters. The molecule has 1 aromatic carbocycles. The van der Waals surface area contributed by atoms with Gasteiger partial charge in [-0.3, -0.25) is 19.2 Å². The van der Waals surface area contributed by atoms with Crippen molar-refractivity contribution in [2.45, 2.75) is 0 Å². The molecular formula is C17H15BrN2O5S. The van der Waals surface area contributed by atoms with Crippen LogP contribution in [0.5, 0.6) is 0 Å². The Balaban J connectivity index is 1.64. The van der Waals surface area contributed by atoms with E-state index in [1.807, 2.05) is 0 Å². The van der Waals surface area contributed by atoms with Crippen LogP contribution in [0, 0.1) is 0 Å². The number of carbonyl (C=O) groups excluding carboxylic acids is 4. The van der Waals surface area contributed by atoms with Gasteiger partial charge in [-0.15, -0.1) is 11.3 Å². The Hall–Kier alpha value is -2.52. The second kappa shape index (κ2) is 9.83. The topological polar surface area (TPSA) is 102 Å². The standard InChI is InChI=1S/C17H15BrN2O5S/c18-12-5-3-11(4-6-12)17(24)20-8-15(22)19-9-16(23)25-10-13(21)14-2-1-7-26-14/h1-7H,8-10H2,(H,19,22)(H,20,24). The highest BCUT2D eigenvalue weighted by Crippen LogP contribution is 2.10. The molecule has 2 N–H and O–H groups in total. The van der Waals surface area contributed by atoms with Gasteiger partial charge in [0.05, 0.1) is 11.4 Å². The molecule has 0 radical (unpaired) electrons. The molecule has 0 saturated carbocycles. The van der Waals surface area contributed by atoms with Gasteiger partial charge in [0.1, 0.15) is 6.54 Å². The molecule has 2 aromatic rings. The minimum absolute atomic E-state index is 0.281. The van der Waals surface area contributed by atoms with E-state index >= 15 is 0 Å². The van der Waals surface area contributed by atoms with E-state index in [1.165, 1.54) is 11.3 Å². The maximum atomic E-state index is 11.9. The van der Waals surface area contributed by atoms with Crippen molar-refractivity contribution in [3.63, 3.8) is 0 Å². The maximum Gasteiger partial charge on any atom is 0.325 e. The Bertz CT molecular complexity index is 790. The zero-order valence-corrected chi connectivity index (χ0v) is 15.9. The van der Waals surface area contributed by atoms with Crippen LogP contribution in [0.3, 0.4) is 0 Å². The van der Waals surface area contributed by atoms with Crippen LogP contribution in [0.15, 0.2) is 46.3 Å². The molecule has 0 atom stereocenters. The van der Waals surface area contributed by atoms with Crippen LogP contribution in [-0.2, 0) is 14.3 Å². The number of Topliss-reactive ketones (excluding diaryl/α,β-unsaturated/α-hetero) is 1. The predicted molar refractivity (Wildman–Crippen MR) is 99.1 cm³/mol. The van der Waals surface area contributed by atoms with E-state index in [1.54, 1.807) is 41.8 Å². The number of amides is 2. The lowest BCUT2D eigenvalue weighted by molar-refractivity contribution is -0.142. The number of rotatable bonds is 8. The van der Waals surface area contributed by atoms with E-state index in [-0.39, 0.29) is 25.5 Å². The molecule has 1 heterocycles. The van der Waals surface area contributed by atoms with Crippen LogP contribution < -0.4 is 10.6 Å². The second-order valence-corrected chi connectivity index (χ2v) is 6.89. The molecule has 2 amide bonds. The summed E-state index contributed by atoms with van der Waals surface area (Å²) in [5, 5.41) is 6.50. The number of ether oxygens (including phenoxy) is 1. The molecule has 0 bridgehead atoms. The minimum atomic E-state index is -0.734. The van der Waals surface area contributed by atoms with Gasteiger partial charge in [-0.1, -0.05) is 22.0 Å². The van der Waals surface area contributed by atoms with Crippen LogP contribution in [-0.4, -0.2) is 43.3 Å². The lowest BCUT2D eigenvalue weighted by Gasteiger charge is -2.07. The minimum Gasteiger partial charge on any atom is -0.456 e. The van der Waals surface area contributed by atoms with Crippen LogP contribution >= 0.6 is 27.3 Å². The van der Waals surface area contributed by atoms with Crippen molar-refractivity contribution in [3.8, 4) is 0 Å². The van der Waals surface area contributed by atoms with Gasteiger partial charge in [-0.2, -0.15) is 0 Å². The molecule has 0 aliphatic carbocycles. The fourth-order valence-electron chi connectivity index (χ4n) is 1.80. The van der Waals surface area contributed by atoms with Gasteiger partial charge in [-0.25, -0.2) is 0 Å². The van der Waals surface area contributed by atoms with Gasteiger partial charge in [0, 0.05) is 10.0 Å². The highest BCUT2D eigenvalue weighted by Gasteiger charge is 2.12. The fourth-order valence-corrected chi connectivity index (χ4v) is 2.72. The Morgan fingerprint density at radius 2 is 1.73 bits per heavy atom. The molecular weight excluding hydrogens is 424 g/mol. The third kappa shape index (κ3) is 6.41. The second-order valence-electron chi connectivity index (χ2n) is 5.03. The maximum absolute atomic E-state index is 11.9. The Morgan fingerprint density at radius 1 is 1.00 bits per heavy atom. The van der Waals surface area contributed by atoms with E-state index in [4.69, 9.17) is 4.74 Å². The quantitative estimate of drug-likeness (QED) is 0.483. The number of hydrogen-bond acceptors (Lipinski definition) is 6. The third-order valence-corrected chi connectivity index (χ3v) is 4.55. The number of carbonyl (C=O) groups is 4. The highest BCUT2D eigenvalue weighted by atomic mass is 79.9. The van der Waals surface area contributed by atoms with Crippen molar-refractivity contribution >= 4 is 50.8 Å².